The fraction of sp³-hybridized carbons (Fsp3) is 0.385. The number of methoxy groups -OCH3 is 1. The summed E-state index contributed by atoms with van der Waals surface area (Å²) in [5, 5.41) is 18.7. The number of nitrogens with zero attached hydrogens (tertiary/aromatic N) is 3. The fourth-order valence-electron chi connectivity index (χ4n) is 3.72. The molecule has 3 aromatic rings. The maximum atomic E-state index is 13.3. The quantitative estimate of drug-likeness (QED) is 0.192. The highest BCUT2D eigenvalue weighted by Gasteiger charge is 2.29. The van der Waals surface area contributed by atoms with Crippen LogP contribution >= 0.6 is 0 Å². The highest BCUT2D eigenvalue weighted by atomic mass is 32.2. The number of nitrogens with one attached hydrogen (secondary N) is 2. The standard InChI is InChI=1S/C26H33N5O7S/c1-7-17(3)29-39(35,36)23-15-20(31(33)34)11-12-22(23)38-26-19(5)24(25(32)27-13-14-37-6)28-30(26)21-10-8-9-16(2)18(21)4/h8-12,15,17,29H,7,13-14H2,1-6H3,(H,27,32). The molecule has 39 heavy (non-hydrogen) atoms. The van der Waals surface area contributed by atoms with Crippen molar-refractivity contribution in [1.82, 2.24) is 19.8 Å². The minimum absolute atomic E-state index is 0.0751. The van der Waals surface area contributed by atoms with Crippen molar-refractivity contribution in [2.45, 2.75) is 52.0 Å². The Bertz CT molecular complexity index is 1480. The first kappa shape index (κ1) is 29.7. The molecule has 1 heterocycles. The molecule has 0 aliphatic carbocycles. The average Bonchev–Trinajstić information content (AvgIpc) is 3.21. The van der Waals surface area contributed by atoms with Gasteiger partial charge in [-0.15, -0.1) is 0 Å². The molecule has 1 amide bonds. The van der Waals surface area contributed by atoms with E-state index in [1.165, 1.54) is 17.9 Å². The van der Waals surface area contributed by atoms with Crippen LogP contribution in [0.4, 0.5) is 5.69 Å². The van der Waals surface area contributed by atoms with Crippen LogP contribution in [0, 0.1) is 30.9 Å². The summed E-state index contributed by atoms with van der Waals surface area (Å²) in [6, 6.07) is 8.46. The molecule has 2 N–H and O–H groups in total. The van der Waals surface area contributed by atoms with Crippen LogP contribution < -0.4 is 14.8 Å². The molecule has 1 atom stereocenters. The van der Waals surface area contributed by atoms with E-state index in [-0.39, 0.29) is 23.9 Å². The van der Waals surface area contributed by atoms with Crippen molar-refractivity contribution in [2.75, 3.05) is 20.3 Å². The van der Waals surface area contributed by atoms with Crippen molar-refractivity contribution in [3.8, 4) is 17.3 Å². The minimum Gasteiger partial charge on any atom is -0.437 e. The monoisotopic (exact) mass is 559 g/mol. The molecule has 0 fully saturated rings. The lowest BCUT2D eigenvalue weighted by molar-refractivity contribution is -0.385. The molecule has 0 radical (unpaired) electrons. The molecule has 0 aliphatic heterocycles. The molecule has 0 aliphatic rings. The third kappa shape index (κ3) is 6.61. The number of carbonyl (C=O) groups excluding carboxylic acids is 1. The third-order valence-electron chi connectivity index (χ3n) is 6.28. The second-order valence-corrected chi connectivity index (χ2v) is 10.8. The van der Waals surface area contributed by atoms with Crippen molar-refractivity contribution in [2.24, 2.45) is 0 Å². The van der Waals surface area contributed by atoms with E-state index in [1.807, 2.05) is 32.9 Å². The second-order valence-electron chi connectivity index (χ2n) is 9.08. The Kier molecular flexibility index (Phi) is 9.43. The minimum atomic E-state index is -4.21. The number of ether oxygens (including phenoxy) is 2. The van der Waals surface area contributed by atoms with Crippen LogP contribution in [-0.2, 0) is 14.8 Å². The van der Waals surface area contributed by atoms with Crippen LogP contribution in [0.2, 0.25) is 0 Å². The summed E-state index contributed by atoms with van der Waals surface area (Å²) in [5.41, 5.74) is 2.46. The Morgan fingerprint density at radius 1 is 1.18 bits per heavy atom. The number of non-ortho nitro benzene ring substituents is 1. The van der Waals surface area contributed by atoms with Crippen molar-refractivity contribution < 1.29 is 27.6 Å². The third-order valence-corrected chi connectivity index (χ3v) is 7.89. The number of hydrogen-bond acceptors (Lipinski definition) is 8. The Morgan fingerprint density at radius 2 is 1.90 bits per heavy atom. The maximum Gasteiger partial charge on any atom is 0.272 e. The van der Waals surface area contributed by atoms with Crippen LogP contribution in [0.1, 0.15) is 47.4 Å². The predicted molar refractivity (Wildman–Crippen MR) is 145 cm³/mol. The van der Waals surface area contributed by atoms with Crippen molar-refractivity contribution >= 4 is 21.6 Å². The van der Waals surface area contributed by atoms with E-state index in [0.717, 1.165) is 23.3 Å². The van der Waals surface area contributed by atoms with E-state index in [1.54, 1.807) is 19.9 Å². The smallest absolute Gasteiger partial charge is 0.272 e. The molecular formula is C26H33N5O7S. The zero-order valence-electron chi connectivity index (χ0n) is 22.8. The number of carbonyl (C=O) groups is 1. The lowest BCUT2D eigenvalue weighted by Crippen LogP contribution is -2.32. The highest BCUT2D eigenvalue weighted by molar-refractivity contribution is 7.89. The summed E-state index contributed by atoms with van der Waals surface area (Å²) in [5.74, 6) is -0.528. The Hall–Kier alpha value is -3.81. The fourth-order valence-corrected chi connectivity index (χ4v) is 5.19. The molecule has 12 nitrogen and oxygen atoms in total. The molecule has 0 saturated heterocycles. The topological polar surface area (TPSA) is 155 Å². The van der Waals surface area contributed by atoms with Crippen molar-refractivity contribution in [1.29, 1.82) is 0 Å². The van der Waals surface area contributed by atoms with Gasteiger partial charge in [-0.05, 0) is 57.4 Å². The summed E-state index contributed by atoms with van der Waals surface area (Å²) < 4.78 is 41.7. The summed E-state index contributed by atoms with van der Waals surface area (Å²) in [6.45, 7) is 9.50. The van der Waals surface area contributed by atoms with Gasteiger partial charge in [-0.3, -0.25) is 14.9 Å². The summed E-state index contributed by atoms with van der Waals surface area (Å²) in [6.07, 6.45) is 0.504. The van der Waals surface area contributed by atoms with E-state index >= 15 is 0 Å². The average molecular weight is 560 g/mol. The van der Waals surface area contributed by atoms with Gasteiger partial charge in [-0.25, -0.2) is 13.1 Å². The molecule has 1 aromatic heterocycles. The van der Waals surface area contributed by atoms with Crippen molar-refractivity contribution in [3.63, 3.8) is 0 Å². The molecule has 210 valence electrons. The van der Waals surface area contributed by atoms with Gasteiger partial charge in [0.1, 0.15) is 10.6 Å². The van der Waals surface area contributed by atoms with Crippen LogP contribution in [0.3, 0.4) is 0 Å². The lowest BCUT2D eigenvalue weighted by Gasteiger charge is -2.17. The van der Waals surface area contributed by atoms with Gasteiger partial charge in [0, 0.05) is 37.4 Å². The van der Waals surface area contributed by atoms with E-state index in [4.69, 9.17) is 9.47 Å². The summed E-state index contributed by atoms with van der Waals surface area (Å²) >= 11 is 0. The normalized spacial score (nSPS) is 12.3. The van der Waals surface area contributed by atoms with Crippen LogP contribution in [-0.4, -0.2) is 55.3 Å². The number of benzene rings is 2. The van der Waals surface area contributed by atoms with Gasteiger partial charge in [0.2, 0.25) is 15.9 Å². The van der Waals surface area contributed by atoms with E-state index in [2.05, 4.69) is 15.1 Å². The van der Waals surface area contributed by atoms with Gasteiger partial charge in [0.25, 0.3) is 11.6 Å². The van der Waals surface area contributed by atoms with Gasteiger partial charge in [-0.1, -0.05) is 19.1 Å². The Balaban J connectivity index is 2.21. The first-order chi connectivity index (χ1) is 18.4. The lowest BCUT2D eigenvalue weighted by atomic mass is 10.1. The molecule has 0 saturated carbocycles. The van der Waals surface area contributed by atoms with E-state index < -0.39 is 37.5 Å². The van der Waals surface area contributed by atoms with Crippen LogP contribution in [0.25, 0.3) is 5.69 Å². The highest BCUT2D eigenvalue weighted by Crippen LogP contribution is 2.36. The zero-order valence-corrected chi connectivity index (χ0v) is 23.6. The molecule has 2 aromatic carbocycles. The van der Waals surface area contributed by atoms with Gasteiger partial charge in [0.15, 0.2) is 5.69 Å². The van der Waals surface area contributed by atoms with Crippen LogP contribution in [0.15, 0.2) is 41.3 Å². The number of rotatable bonds is 12. The van der Waals surface area contributed by atoms with E-state index in [9.17, 15) is 23.3 Å². The maximum absolute atomic E-state index is 13.3. The van der Waals surface area contributed by atoms with Gasteiger partial charge in [-0.2, -0.15) is 9.78 Å². The molecule has 0 bridgehead atoms. The summed E-state index contributed by atoms with van der Waals surface area (Å²) in [7, 11) is -2.69. The SMILES string of the molecule is CCC(C)NS(=O)(=O)c1cc([N+](=O)[O-])ccc1Oc1c(C)c(C(=O)NCCOC)nn1-c1cccc(C)c1C. The number of hydrogen-bond donors (Lipinski definition) is 2. The van der Waals surface area contributed by atoms with Gasteiger partial charge >= 0.3 is 0 Å². The van der Waals surface area contributed by atoms with Crippen LogP contribution in [0.5, 0.6) is 11.6 Å². The molecule has 13 heteroatoms. The van der Waals surface area contributed by atoms with Gasteiger partial charge < -0.3 is 14.8 Å². The number of amides is 1. The van der Waals surface area contributed by atoms with E-state index in [0.29, 0.717) is 24.3 Å². The Morgan fingerprint density at radius 3 is 2.54 bits per heavy atom. The number of sulfonamides is 1. The molecule has 3 rings (SSSR count). The predicted octanol–water partition coefficient (Wildman–Crippen LogP) is 3.95. The first-order valence-electron chi connectivity index (χ1n) is 12.3. The van der Waals surface area contributed by atoms with Crippen molar-refractivity contribution in [3.05, 3.63) is 68.9 Å². The number of nitro groups is 1. The first-order valence-corrected chi connectivity index (χ1v) is 13.8. The zero-order chi connectivity index (χ0) is 28.9. The number of aromatic nitrogens is 2. The Labute approximate surface area is 227 Å². The number of nitro benzene ring substituents is 1. The largest absolute Gasteiger partial charge is 0.437 e. The molecule has 1 unspecified atom stereocenters. The van der Waals surface area contributed by atoms with Gasteiger partial charge in [0.05, 0.1) is 17.2 Å². The second kappa shape index (κ2) is 12.4. The molecule has 0 spiro atoms. The summed E-state index contributed by atoms with van der Waals surface area (Å²) in [4.78, 5) is 23.3. The number of aryl methyl sites for hydroxylation is 1. The molecular weight excluding hydrogens is 526 g/mol.